The first-order chi connectivity index (χ1) is 28.9. The molecular weight excluding hydrogens is 882 g/mol. The van der Waals surface area contributed by atoms with Crippen LogP contribution in [0.2, 0.25) is 0 Å². The summed E-state index contributed by atoms with van der Waals surface area (Å²) in [5, 5.41) is 2.77. The molecule has 0 bridgehead atoms. The fraction of sp³-hybridized carbons (Fsp3) is 0.692. The summed E-state index contributed by atoms with van der Waals surface area (Å²) in [6.45, 7) is -2.47. The molecule has 0 heterocycles. The molecule has 0 aliphatic rings. The number of carbonyl (C=O) groups is 12. The maximum absolute atomic E-state index is 11.7. The van der Waals surface area contributed by atoms with Crippen LogP contribution in [0.4, 0.5) is 0 Å². The van der Waals surface area contributed by atoms with Gasteiger partial charge >= 0.3 is 71.6 Å². The molecule has 0 radical (unpaired) electrons. The second-order valence-electron chi connectivity index (χ2n) is 12.1. The molecule has 0 aromatic heterocycles. The number of carbonyl (C=O) groups excluding carboxylic acids is 12. The lowest BCUT2D eigenvalue weighted by Crippen LogP contribution is -2.31. The molecule has 0 aliphatic heterocycles. The Kier molecular flexibility index (Phi) is 43.2. The van der Waals surface area contributed by atoms with Crippen LogP contribution in [0, 0.1) is 5.92 Å². The molecule has 0 aromatic carbocycles. The van der Waals surface area contributed by atoms with Crippen molar-refractivity contribution in [1.29, 1.82) is 0 Å². The van der Waals surface area contributed by atoms with E-state index < -0.39 is 138 Å². The van der Waals surface area contributed by atoms with Crippen molar-refractivity contribution in [3.05, 3.63) is 0 Å². The van der Waals surface area contributed by atoms with E-state index in [0.717, 1.165) is 0 Å². The number of rotatable bonds is 32. The van der Waals surface area contributed by atoms with Crippen LogP contribution >= 0.6 is 0 Å². The van der Waals surface area contributed by atoms with E-state index in [0.29, 0.717) is 6.42 Å². The van der Waals surface area contributed by atoms with Gasteiger partial charge in [-0.15, -0.1) is 0 Å². The third-order valence-corrected chi connectivity index (χ3v) is 6.07. The van der Waals surface area contributed by atoms with Gasteiger partial charge < -0.3 is 66.9 Å². The third-order valence-electron chi connectivity index (χ3n) is 6.07. The van der Waals surface area contributed by atoms with Crippen molar-refractivity contribution < 1.29 is 119 Å². The molecule has 0 fully saturated rings. The van der Waals surface area contributed by atoms with Crippen molar-refractivity contribution in [2.24, 2.45) is 5.92 Å². The van der Waals surface area contributed by atoms with Gasteiger partial charge in [0.2, 0.25) is 0 Å². The SMILES string of the molecule is C.C.C.C.CC(C)CCC(=O)OCC(=O)OCC(=O)OCC(=O)OCC(=O)OCC(=O)OCCOCCOC(=O)COC(=O)COC(=O)COC(=O)COC(=O)COC(=O)CNC(C)C. The van der Waals surface area contributed by atoms with E-state index in [1.165, 1.54) is 0 Å². The maximum atomic E-state index is 11.7. The van der Waals surface area contributed by atoms with E-state index in [1.54, 1.807) is 13.8 Å². The second-order valence-corrected chi connectivity index (χ2v) is 12.1. The topological polar surface area (TPSA) is 337 Å². The first-order valence-corrected chi connectivity index (χ1v) is 18.0. The highest BCUT2D eigenvalue weighted by Crippen LogP contribution is 2.04. The molecular formula is C39H65NO25. The minimum Gasteiger partial charge on any atom is -0.461 e. The molecule has 376 valence electrons. The molecule has 0 saturated carbocycles. The van der Waals surface area contributed by atoms with Crippen molar-refractivity contribution in [3.63, 3.8) is 0 Å². The molecule has 0 rings (SSSR count). The first kappa shape index (κ1) is 67.6. The van der Waals surface area contributed by atoms with Crippen LogP contribution in [0.15, 0.2) is 0 Å². The van der Waals surface area contributed by atoms with Gasteiger partial charge in [-0.25, -0.2) is 47.9 Å². The first-order valence-electron chi connectivity index (χ1n) is 18.0. The van der Waals surface area contributed by atoms with Crippen molar-refractivity contribution in [1.82, 2.24) is 5.32 Å². The van der Waals surface area contributed by atoms with Crippen molar-refractivity contribution in [2.45, 2.75) is 76.3 Å². The van der Waals surface area contributed by atoms with Crippen molar-refractivity contribution in [2.75, 3.05) is 99.0 Å². The Hall–Kier alpha value is -6.44. The normalized spacial score (nSPS) is 9.69. The zero-order valence-corrected chi connectivity index (χ0v) is 33.9. The van der Waals surface area contributed by atoms with Gasteiger partial charge in [-0.2, -0.15) is 0 Å². The van der Waals surface area contributed by atoms with Crippen LogP contribution in [0.25, 0.3) is 0 Å². The third kappa shape index (κ3) is 44.0. The van der Waals surface area contributed by atoms with E-state index in [2.05, 4.69) is 47.9 Å². The summed E-state index contributed by atoms with van der Waals surface area (Å²) in [4.78, 5) is 139. The fourth-order valence-electron chi connectivity index (χ4n) is 3.16. The van der Waals surface area contributed by atoms with E-state index in [4.69, 9.17) is 18.9 Å². The maximum Gasteiger partial charge on any atom is 0.344 e. The monoisotopic (exact) mass is 947 g/mol. The predicted molar refractivity (Wildman–Crippen MR) is 216 cm³/mol. The molecule has 0 atom stereocenters. The van der Waals surface area contributed by atoms with Gasteiger partial charge in [-0.3, -0.25) is 9.59 Å². The molecule has 1 N–H and O–H groups in total. The number of nitrogens with one attached hydrogen (secondary N) is 1. The summed E-state index contributed by atoms with van der Waals surface area (Å²) in [5.41, 5.74) is 0. The van der Waals surface area contributed by atoms with Crippen LogP contribution in [0.1, 0.15) is 70.2 Å². The minimum atomic E-state index is -1.18. The van der Waals surface area contributed by atoms with Crippen molar-refractivity contribution >= 4 is 71.6 Å². The Labute approximate surface area is 377 Å². The molecule has 26 nitrogen and oxygen atoms in total. The smallest absolute Gasteiger partial charge is 0.344 e. The fourth-order valence-corrected chi connectivity index (χ4v) is 3.16. The van der Waals surface area contributed by atoms with E-state index in [-0.39, 0.29) is 81.1 Å². The van der Waals surface area contributed by atoms with Gasteiger partial charge in [0.1, 0.15) is 13.2 Å². The summed E-state index contributed by atoms with van der Waals surface area (Å²) in [7, 11) is 0. The predicted octanol–water partition coefficient (Wildman–Crippen LogP) is -0.500. The Bertz CT molecular complexity index is 1380. The average molecular weight is 948 g/mol. The van der Waals surface area contributed by atoms with E-state index in [1.807, 2.05) is 13.8 Å². The largest absolute Gasteiger partial charge is 0.461 e. The van der Waals surface area contributed by atoms with Gasteiger partial charge in [0.05, 0.1) is 19.8 Å². The van der Waals surface area contributed by atoms with Gasteiger partial charge in [0, 0.05) is 12.5 Å². The van der Waals surface area contributed by atoms with Gasteiger partial charge in [0.15, 0.2) is 66.1 Å². The quantitative estimate of drug-likeness (QED) is 0.0504. The lowest BCUT2D eigenvalue weighted by molar-refractivity contribution is -0.171. The summed E-state index contributed by atoms with van der Waals surface area (Å²) in [5.74, 6) is -12.1. The van der Waals surface area contributed by atoms with Gasteiger partial charge in [-0.05, 0) is 12.3 Å². The zero-order valence-electron chi connectivity index (χ0n) is 33.9. The molecule has 0 spiro atoms. The molecule has 0 saturated heterocycles. The molecule has 0 amide bonds. The minimum absolute atomic E-state index is 0. The zero-order chi connectivity index (χ0) is 46.0. The number of ether oxygens (including phenoxy) is 13. The molecule has 0 aliphatic carbocycles. The Morgan fingerprint density at radius 3 is 0.800 bits per heavy atom. The number of esters is 12. The highest BCUT2D eigenvalue weighted by molar-refractivity contribution is 5.84. The summed E-state index contributed by atoms with van der Waals surface area (Å²) in [6, 6.07) is 0.00846. The van der Waals surface area contributed by atoms with E-state index >= 15 is 0 Å². The van der Waals surface area contributed by atoms with Crippen LogP contribution in [0.5, 0.6) is 0 Å². The Morgan fingerprint density at radius 2 is 0.554 bits per heavy atom. The van der Waals surface area contributed by atoms with Gasteiger partial charge in [-0.1, -0.05) is 57.4 Å². The Balaban J connectivity index is -0.00000300. The highest BCUT2D eigenvalue weighted by Gasteiger charge is 2.18. The summed E-state index contributed by atoms with van der Waals surface area (Å²) >= 11 is 0. The van der Waals surface area contributed by atoms with Gasteiger partial charge in [0.25, 0.3) is 0 Å². The summed E-state index contributed by atoms with van der Waals surface area (Å²) < 4.78 is 60.1. The van der Waals surface area contributed by atoms with Crippen LogP contribution < -0.4 is 5.32 Å². The highest BCUT2D eigenvalue weighted by atomic mass is 16.7. The lowest BCUT2D eigenvalue weighted by Gasteiger charge is -2.09. The van der Waals surface area contributed by atoms with E-state index in [9.17, 15) is 57.5 Å². The van der Waals surface area contributed by atoms with Crippen LogP contribution in [-0.4, -0.2) is 177 Å². The Morgan fingerprint density at radius 1 is 0.323 bits per heavy atom. The number of hydrogen-bond acceptors (Lipinski definition) is 26. The molecule has 0 aromatic rings. The average Bonchev–Trinajstić information content (AvgIpc) is 3.22. The molecule has 26 heteroatoms. The van der Waals surface area contributed by atoms with Crippen LogP contribution in [0.3, 0.4) is 0 Å². The molecule has 65 heavy (non-hydrogen) atoms. The standard InChI is InChI=1S/C35H49NO25.4CH4/c1-22(2)5-6-24(37)52-14-28(41)56-18-32(45)60-20-34(47)58-16-30(43)54-12-26(39)50-9-7-49-8-10-51-27(40)13-55-31(44)17-59-35(48)21-61-33(46)19-57-29(42)15-53-25(38)11-36-23(3)4;;;;/h22-23,36H,5-21H2,1-4H3;4*1H4. The molecule has 0 unspecified atom stereocenters. The van der Waals surface area contributed by atoms with Crippen LogP contribution in [-0.2, 0) is 119 Å². The second kappa shape index (κ2) is 41.6. The number of hydrogen-bond donors (Lipinski definition) is 1. The summed E-state index contributed by atoms with van der Waals surface area (Å²) in [6.07, 6.45) is 0.672. The lowest BCUT2D eigenvalue weighted by atomic mass is 10.1. The van der Waals surface area contributed by atoms with Crippen molar-refractivity contribution in [3.8, 4) is 0 Å².